The number of ether oxygens (including phenoxy) is 1. The number of halogens is 1. The molecule has 1 aliphatic heterocycles. The molecule has 0 spiro atoms. The molecule has 1 aliphatic rings. The van der Waals surface area contributed by atoms with E-state index in [2.05, 4.69) is 15.2 Å². The molecule has 0 aromatic heterocycles. The van der Waals surface area contributed by atoms with Gasteiger partial charge in [-0.1, -0.05) is 24.3 Å². The lowest BCUT2D eigenvalue weighted by molar-refractivity contribution is 0.129. The van der Waals surface area contributed by atoms with E-state index in [-0.39, 0.29) is 11.9 Å². The van der Waals surface area contributed by atoms with Crippen molar-refractivity contribution in [2.45, 2.75) is 25.5 Å². The number of guanidine groups is 1. The van der Waals surface area contributed by atoms with Gasteiger partial charge in [0.2, 0.25) is 0 Å². The first kappa shape index (κ1) is 20.0. The fourth-order valence-electron chi connectivity index (χ4n) is 3.41. The molecule has 0 radical (unpaired) electrons. The number of rotatable bonds is 5. The topological polar surface area (TPSA) is 40.1 Å². The summed E-state index contributed by atoms with van der Waals surface area (Å²) < 4.78 is 20.2. The Morgan fingerprint density at radius 2 is 1.89 bits per heavy atom. The third kappa shape index (κ3) is 5.15. The van der Waals surface area contributed by atoms with Crippen molar-refractivity contribution >= 4 is 11.6 Å². The van der Waals surface area contributed by atoms with E-state index in [1.807, 2.05) is 56.6 Å². The Labute approximate surface area is 166 Å². The molecule has 6 heteroatoms. The zero-order valence-corrected chi connectivity index (χ0v) is 16.9. The lowest BCUT2D eigenvalue weighted by atomic mass is 10.1. The molecule has 0 atom stereocenters. The fraction of sp³-hybridized carbons (Fsp3) is 0.409. The normalized spacial score (nSPS) is 15.4. The SMILES string of the molecule is CN=C(NCc1ccc(N(C)C)c(F)c1)N1CCC(Oc2ccccc2)CC1. The third-order valence-corrected chi connectivity index (χ3v) is 4.94. The summed E-state index contributed by atoms with van der Waals surface area (Å²) in [5.41, 5.74) is 1.49. The number of nitrogens with zero attached hydrogens (tertiary/aromatic N) is 3. The van der Waals surface area contributed by atoms with Crippen LogP contribution in [0.2, 0.25) is 0 Å². The van der Waals surface area contributed by atoms with Gasteiger partial charge in [0, 0.05) is 53.6 Å². The van der Waals surface area contributed by atoms with Crippen LogP contribution in [0.3, 0.4) is 0 Å². The number of aliphatic imine (C=N–C) groups is 1. The average Bonchev–Trinajstić information content (AvgIpc) is 2.70. The van der Waals surface area contributed by atoms with E-state index in [4.69, 9.17) is 4.74 Å². The second kappa shape index (κ2) is 9.44. The molecule has 1 heterocycles. The van der Waals surface area contributed by atoms with Gasteiger partial charge in [-0.15, -0.1) is 0 Å². The predicted octanol–water partition coefficient (Wildman–Crippen LogP) is 3.51. The molecule has 1 N–H and O–H groups in total. The molecule has 0 bridgehead atoms. The van der Waals surface area contributed by atoms with E-state index < -0.39 is 0 Å². The summed E-state index contributed by atoms with van der Waals surface area (Å²) in [5, 5.41) is 3.35. The molecule has 3 rings (SSSR count). The maximum Gasteiger partial charge on any atom is 0.193 e. The quantitative estimate of drug-likeness (QED) is 0.633. The molecule has 0 saturated carbocycles. The number of hydrogen-bond acceptors (Lipinski definition) is 3. The smallest absolute Gasteiger partial charge is 0.193 e. The first-order valence-corrected chi connectivity index (χ1v) is 9.70. The van der Waals surface area contributed by atoms with Gasteiger partial charge in [0.15, 0.2) is 5.96 Å². The lowest BCUT2D eigenvalue weighted by Gasteiger charge is -2.34. The van der Waals surface area contributed by atoms with Crippen molar-refractivity contribution in [1.82, 2.24) is 10.2 Å². The summed E-state index contributed by atoms with van der Waals surface area (Å²) in [7, 11) is 5.46. The van der Waals surface area contributed by atoms with Crippen LogP contribution in [0.15, 0.2) is 53.5 Å². The molecule has 1 saturated heterocycles. The molecule has 0 amide bonds. The van der Waals surface area contributed by atoms with E-state index in [9.17, 15) is 4.39 Å². The molecule has 0 unspecified atom stereocenters. The highest BCUT2D eigenvalue weighted by Gasteiger charge is 2.22. The number of hydrogen-bond donors (Lipinski definition) is 1. The molecular weight excluding hydrogens is 355 g/mol. The van der Waals surface area contributed by atoms with E-state index in [0.29, 0.717) is 12.2 Å². The molecule has 2 aromatic carbocycles. The maximum atomic E-state index is 14.2. The van der Waals surface area contributed by atoms with Gasteiger partial charge in [0.05, 0.1) is 5.69 Å². The van der Waals surface area contributed by atoms with Crippen LogP contribution in [0.4, 0.5) is 10.1 Å². The van der Waals surface area contributed by atoms with Crippen LogP contribution in [0, 0.1) is 5.82 Å². The summed E-state index contributed by atoms with van der Waals surface area (Å²) in [4.78, 5) is 8.40. The zero-order chi connectivity index (χ0) is 19.9. The van der Waals surface area contributed by atoms with Crippen LogP contribution >= 0.6 is 0 Å². The van der Waals surface area contributed by atoms with Gasteiger partial charge in [-0.2, -0.15) is 0 Å². The largest absolute Gasteiger partial charge is 0.490 e. The van der Waals surface area contributed by atoms with Crippen LogP contribution in [0.5, 0.6) is 5.75 Å². The molecule has 28 heavy (non-hydrogen) atoms. The minimum Gasteiger partial charge on any atom is -0.490 e. The minimum absolute atomic E-state index is 0.210. The molecule has 2 aromatic rings. The van der Waals surface area contributed by atoms with Crippen LogP contribution in [-0.2, 0) is 6.54 Å². The Morgan fingerprint density at radius 1 is 1.18 bits per heavy atom. The Hall–Kier alpha value is -2.76. The Kier molecular flexibility index (Phi) is 6.74. The van der Waals surface area contributed by atoms with Gasteiger partial charge in [0.1, 0.15) is 17.7 Å². The van der Waals surface area contributed by atoms with Gasteiger partial charge in [-0.05, 0) is 29.8 Å². The highest BCUT2D eigenvalue weighted by Crippen LogP contribution is 2.20. The average molecular weight is 384 g/mol. The molecule has 5 nitrogen and oxygen atoms in total. The highest BCUT2D eigenvalue weighted by molar-refractivity contribution is 5.80. The van der Waals surface area contributed by atoms with E-state index in [1.165, 1.54) is 0 Å². The predicted molar refractivity (Wildman–Crippen MR) is 113 cm³/mol. The van der Waals surface area contributed by atoms with Gasteiger partial charge < -0.3 is 19.9 Å². The zero-order valence-electron chi connectivity index (χ0n) is 16.9. The van der Waals surface area contributed by atoms with Crippen molar-refractivity contribution in [3.63, 3.8) is 0 Å². The standard InChI is InChI=1S/C22H29FN4O/c1-24-22(25-16-17-9-10-21(26(2)3)20(23)15-17)27-13-11-19(12-14-27)28-18-7-5-4-6-8-18/h4-10,15,19H,11-14,16H2,1-3H3,(H,24,25). The number of para-hydroxylation sites is 1. The Morgan fingerprint density at radius 3 is 2.50 bits per heavy atom. The van der Waals surface area contributed by atoms with Crippen LogP contribution < -0.4 is 15.0 Å². The van der Waals surface area contributed by atoms with Gasteiger partial charge >= 0.3 is 0 Å². The summed E-state index contributed by atoms with van der Waals surface area (Å²) in [5.74, 6) is 1.56. The first-order valence-electron chi connectivity index (χ1n) is 9.70. The minimum atomic E-state index is -0.210. The summed E-state index contributed by atoms with van der Waals surface area (Å²) in [6, 6.07) is 15.3. The highest BCUT2D eigenvalue weighted by atomic mass is 19.1. The number of nitrogens with one attached hydrogen (secondary N) is 1. The Bertz CT molecular complexity index is 786. The van der Waals surface area contributed by atoms with Crippen LogP contribution in [0.1, 0.15) is 18.4 Å². The monoisotopic (exact) mass is 384 g/mol. The van der Waals surface area contributed by atoms with Crippen molar-refractivity contribution in [1.29, 1.82) is 0 Å². The van der Waals surface area contributed by atoms with Crippen molar-refractivity contribution in [3.8, 4) is 5.75 Å². The number of likely N-dealkylation sites (tertiary alicyclic amines) is 1. The second-order valence-electron chi connectivity index (χ2n) is 7.20. The van der Waals surface area contributed by atoms with E-state index in [1.54, 1.807) is 18.0 Å². The summed E-state index contributed by atoms with van der Waals surface area (Å²) >= 11 is 0. The van der Waals surface area contributed by atoms with Crippen LogP contribution in [0.25, 0.3) is 0 Å². The van der Waals surface area contributed by atoms with Gasteiger partial charge in [-0.25, -0.2) is 4.39 Å². The van der Waals surface area contributed by atoms with Crippen molar-refractivity contribution < 1.29 is 9.13 Å². The lowest BCUT2D eigenvalue weighted by Crippen LogP contribution is -2.47. The molecule has 0 aliphatic carbocycles. The first-order chi connectivity index (χ1) is 13.6. The number of anilines is 1. The van der Waals surface area contributed by atoms with Gasteiger partial charge in [0.25, 0.3) is 0 Å². The van der Waals surface area contributed by atoms with Crippen molar-refractivity contribution in [2.24, 2.45) is 4.99 Å². The van der Waals surface area contributed by atoms with Crippen molar-refractivity contribution in [3.05, 3.63) is 59.9 Å². The summed E-state index contributed by atoms with van der Waals surface area (Å²) in [6.45, 7) is 2.30. The third-order valence-electron chi connectivity index (χ3n) is 4.94. The number of piperidine rings is 1. The molecular formula is C22H29FN4O. The van der Waals surface area contributed by atoms with Gasteiger partial charge in [-0.3, -0.25) is 4.99 Å². The Balaban J connectivity index is 1.50. The summed E-state index contributed by atoms with van der Waals surface area (Å²) in [6.07, 6.45) is 2.12. The van der Waals surface area contributed by atoms with E-state index >= 15 is 0 Å². The molecule has 1 fully saturated rings. The second-order valence-corrected chi connectivity index (χ2v) is 7.20. The fourth-order valence-corrected chi connectivity index (χ4v) is 3.41. The molecule has 150 valence electrons. The van der Waals surface area contributed by atoms with Crippen LogP contribution in [-0.4, -0.2) is 51.2 Å². The maximum absolute atomic E-state index is 14.2. The number of benzene rings is 2. The van der Waals surface area contributed by atoms with Crippen molar-refractivity contribution in [2.75, 3.05) is 39.1 Å². The van der Waals surface area contributed by atoms with E-state index in [0.717, 1.165) is 43.2 Å².